The lowest BCUT2D eigenvalue weighted by molar-refractivity contribution is 1.24. The fourth-order valence-corrected chi connectivity index (χ4v) is 7.15. The van der Waals surface area contributed by atoms with Crippen molar-refractivity contribution < 1.29 is 0 Å². The van der Waals surface area contributed by atoms with Gasteiger partial charge in [-0.1, -0.05) is 199 Å². The Balaban J connectivity index is 1.22. The molecule has 0 unspecified atom stereocenters. The fraction of sp³-hybridized carbons (Fsp3) is 0.0345. The molecular formula is C58H48N2. The molecule has 0 N–H and O–H groups in total. The number of allylic oxidation sites excluding steroid dienone is 2. The highest BCUT2D eigenvalue weighted by molar-refractivity contribution is 5.87. The maximum Gasteiger partial charge on any atom is 0.0535 e. The Bertz CT molecular complexity index is 2710. The highest BCUT2D eigenvalue weighted by Gasteiger charge is 2.19. The Morgan fingerprint density at radius 1 is 0.283 bits per heavy atom. The summed E-state index contributed by atoms with van der Waals surface area (Å²) in [6, 6.07) is 73.3. The van der Waals surface area contributed by atoms with Gasteiger partial charge < -0.3 is 9.80 Å². The standard InChI is InChI=1S/C58H48N2/c1-45-22-34-53(35-23-45)59(54-38-30-50(31-39-54)28-26-48-16-8-4-9-17-48)57-42-43-58(52(44-57)21-13-12-20-47-14-6-3-7-15-47)60(55-36-24-46(2)25-37-55)56-40-32-51(33-41-56)29-27-49-18-10-5-11-19-49/h3-44H,1-2H3/b20-12+,21-13+,28-26+,29-27+. The van der Waals surface area contributed by atoms with Gasteiger partial charge in [-0.05, 0) is 108 Å². The summed E-state index contributed by atoms with van der Waals surface area (Å²) in [7, 11) is 0. The number of hydrogen-bond acceptors (Lipinski definition) is 2. The van der Waals surface area contributed by atoms with Crippen LogP contribution in [0.4, 0.5) is 34.1 Å². The van der Waals surface area contributed by atoms with Crippen LogP contribution >= 0.6 is 0 Å². The van der Waals surface area contributed by atoms with Crippen LogP contribution in [0.1, 0.15) is 44.5 Å². The molecule has 2 heteroatoms. The molecule has 0 saturated carbocycles. The van der Waals surface area contributed by atoms with Gasteiger partial charge in [0.05, 0.1) is 5.69 Å². The Labute approximate surface area is 355 Å². The fourth-order valence-electron chi connectivity index (χ4n) is 7.15. The largest absolute Gasteiger partial charge is 0.310 e. The van der Waals surface area contributed by atoms with Gasteiger partial charge in [-0.3, -0.25) is 0 Å². The average Bonchev–Trinajstić information content (AvgIpc) is 3.30. The van der Waals surface area contributed by atoms with Crippen LogP contribution < -0.4 is 9.80 Å². The molecule has 0 aromatic heterocycles. The molecule has 8 rings (SSSR count). The van der Waals surface area contributed by atoms with Crippen LogP contribution in [0.5, 0.6) is 0 Å². The number of anilines is 6. The maximum absolute atomic E-state index is 2.36. The molecule has 0 spiro atoms. The minimum Gasteiger partial charge on any atom is -0.310 e. The van der Waals surface area contributed by atoms with Gasteiger partial charge in [0.2, 0.25) is 0 Å². The molecule has 0 fully saturated rings. The first-order valence-corrected chi connectivity index (χ1v) is 20.5. The van der Waals surface area contributed by atoms with Crippen molar-refractivity contribution in [2.45, 2.75) is 13.8 Å². The summed E-state index contributed by atoms with van der Waals surface area (Å²) < 4.78 is 0. The van der Waals surface area contributed by atoms with Crippen molar-refractivity contribution in [2.24, 2.45) is 0 Å². The Morgan fingerprint density at radius 2 is 0.617 bits per heavy atom. The van der Waals surface area contributed by atoms with Crippen LogP contribution in [0.2, 0.25) is 0 Å². The van der Waals surface area contributed by atoms with E-state index in [0.717, 1.165) is 56.4 Å². The lowest BCUT2D eigenvalue weighted by Crippen LogP contribution is -2.13. The second kappa shape index (κ2) is 19.2. The van der Waals surface area contributed by atoms with Crippen LogP contribution in [0.3, 0.4) is 0 Å². The normalized spacial score (nSPS) is 11.6. The zero-order chi connectivity index (χ0) is 40.9. The van der Waals surface area contributed by atoms with Gasteiger partial charge >= 0.3 is 0 Å². The molecule has 0 aliphatic heterocycles. The predicted molar refractivity (Wildman–Crippen MR) is 261 cm³/mol. The van der Waals surface area contributed by atoms with E-state index in [9.17, 15) is 0 Å². The van der Waals surface area contributed by atoms with E-state index >= 15 is 0 Å². The molecule has 8 aromatic rings. The van der Waals surface area contributed by atoms with E-state index < -0.39 is 0 Å². The van der Waals surface area contributed by atoms with E-state index in [1.807, 2.05) is 18.2 Å². The Kier molecular flexibility index (Phi) is 12.5. The number of nitrogens with zero attached hydrogens (tertiary/aromatic N) is 2. The van der Waals surface area contributed by atoms with Gasteiger partial charge in [0, 0.05) is 34.0 Å². The third kappa shape index (κ3) is 10.1. The number of benzene rings is 8. The molecule has 290 valence electrons. The molecular weight excluding hydrogens is 725 g/mol. The van der Waals surface area contributed by atoms with Crippen molar-refractivity contribution in [3.8, 4) is 0 Å². The van der Waals surface area contributed by atoms with Gasteiger partial charge in [0.15, 0.2) is 0 Å². The highest BCUT2D eigenvalue weighted by atomic mass is 15.2. The summed E-state index contributed by atoms with van der Waals surface area (Å²) in [6.07, 6.45) is 17.3. The van der Waals surface area contributed by atoms with Crippen molar-refractivity contribution in [3.05, 3.63) is 263 Å². The van der Waals surface area contributed by atoms with E-state index in [1.54, 1.807) is 0 Å². The topological polar surface area (TPSA) is 6.48 Å². The molecule has 0 heterocycles. The Hall–Kier alpha value is -7.68. The van der Waals surface area contributed by atoms with E-state index in [1.165, 1.54) is 22.3 Å². The maximum atomic E-state index is 2.36. The molecule has 0 bridgehead atoms. The first kappa shape index (κ1) is 39.2. The summed E-state index contributed by atoms with van der Waals surface area (Å²) in [6.45, 7) is 4.27. The van der Waals surface area contributed by atoms with Gasteiger partial charge in [-0.25, -0.2) is 0 Å². The second-order valence-corrected chi connectivity index (χ2v) is 14.9. The number of rotatable bonds is 13. The molecule has 8 aromatic carbocycles. The highest BCUT2D eigenvalue weighted by Crippen LogP contribution is 2.42. The first-order valence-electron chi connectivity index (χ1n) is 20.5. The van der Waals surface area contributed by atoms with E-state index in [4.69, 9.17) is 0 Å². The predicted octanol–water partition coefficient (Wildman–Crippen LogP) is 16.3. The van der Waals surface area contributed by atoms with Crippen molar-refractivity contribution in [2.75, 3.05) is 9.80 Å². The molecule has 0 saturated heterocycles. The monoisotopic (exact) mass is 772 g/mol. The molecule has 0 amide bonds. The molecule has 0 aliphatic carbocycles. The van der Waals surface area contributed by atoms with Crippen LogP contribution in [0.15, 0.2) is 218 Å². The molecule has 0 aliphatic rings. The van der Waals surface area contributed by atoms with Crippen molar-refractivity contribution in [3.63, 3.8) is 0 Å². The smallest absolute Gasteiger partial charge is 0.0535 e. The van der Waals surface area contributed by atoms with Gasteiger partial charge in [-0.2, -0.15) is 0 Å². The third-order valence-electron chi connectivity index (χ3n) is 10.4. The minimum absolute atomic E-state index is 1.06. The van der Waals surface area contributed by atoms with E-state index in [-0.39, 0.29) is 0 Å². The van der Waals surface area contributed by atoms with Crippen molar-refractivity contribution in [1.29, 1.82) is 0 Å². The van der Waals surface area contributed by atoms with E-state index in [0.29, 0.717) is 0 Å². The van der Waals surface area contributed by atoms with Crippen molar-refractivity contribution in [1.82, 2.24) is 0 Å². The van der Waals surface area contributed by atoms with Gasteiger partial charge in [-0.15, -0.1) is 0 Å². The van der Waals surface area contributed by atoms with Crippen LogP contribution in [-0.2, 0) is 0 Å². The summed E-state index contributed by atoms with van der Waals surface area (Å²) in [5, 5.41) is 0. The van der Waals surface area contributed by atoms with Gasteiger partial charge in [0.1, 0.15) is 0 Å². The van der Waals surface area contributed by atoms with Gasteiger partial charge in [0.25, 0.3) is 0 Å². The lowest BCUT2D eigenvalue weighted by Gasteiger charge is -2.30. The molecule has 0 atom stereocenters. The van der Waals surface area contributed by atoms with Crippen LogP contribution in [0.25, 0.3) is 36.5 Å². The van der Waals surface area contributed by atoms with Crippen LogP contribution in [-0.4, -0.2) is 0 Å². The molecule has 2 nitrogen and oxygen atoms in total. The quantitative estimate of drug-likeness (QED) is 0.0851. The zero-order valence-electron chi connectivity index (χ0n) is 34.1. The summed E-state index contributed by atoms with van der Waals surface area (Å²) in [4.78, 5) is 4.70. The SMILES string of the molecule is Cc1ccc(N(c2ccc(/C=C/c3ccccc3)cc2)c2ccc(N(c3ccc(C)cc3)c3ccc(/C=C/c4ccccc4)cc3)c(/C=C/C=C/c3ccccc3)c2)cc1. The van der Waals surface area contributed by atoms with Crippen molar-refractivity contribution >= 4 is 70.6 Å². The number of aryl methyl sites for hydroxylation is 2. The third-order valence-corrected chi connectivity index (χ3v) is 10.4. The minimum atomic E-state index is 1.06. The Morgan fingerprint density at radius 3 is 1.05 bits per heavy atom. The number of hydrogen-bond donors (Lipinski definition) is 0. The zero-order valence-corrected chi connectivity index (χ0v) is 34.1. The lowest BCUT2D eigenvalue weighted by atomic mass is 10.0. The average molecular weight is 773 g/mol. The summed E-state index contributed by atoms with van der Waals surface area (Å²) in [5.74, 6) is 0. The molecule has 0 radical (unpaired) electrons. The molecule has 60 heavy (non-hydrogen) atoms. The summed E-state index contributed by atoms with van der Waals surface area (Å²) >= 11 is 0. The summed E-state index contributed by atoms with van der Waals surface area (Å²) in [5.41, 5.74) is 15.8. The van der Waals surface area contributed by atoms with E-state index in [2.05, 4.69) is 260 Å². The second-order valence-electron chi connectivity index (χ2n) is 14.9. The first-order chi connectivity index (χ1) is 29.6. The van der Waals surface area contributed by atoms with Crippen LogP contribution in [0, 0.1) is 13.8 Å².